The average molecular weight is 369 g/mol. The number of benzene rings is 1. The molecule has 3 heterocycles. The van der Waals surface area contributed by atoms with Gasteiger partial charge in [-0.25, -0.2) is 9.59 Å². The lowest BCUT2D eigenvalue weighted by Crippen LogP contribution is -2.42. The number of aromatic amines is 1. The lowest BCUT2D eigenvalue weighted by Gasteiger charge is -2.32. The van der Waals surface area contributed by atoms with Crippen molar-refractivity contribution in [2.45, 2.75) is 32.2 Å². The third-order valence-corrected chi connectivity index (χ3v) is 5.13. The van der Waals surface area contributed by atoms with E-state index < -0.39 is 0 Å². The Hall–Kier alpha value is -3.10. The topological polar surface area (TPSA) is 101 Å². The Labute approximate surface area is 156 Å². The molecule has 0 bridgehead atoms. The second-order valence-corrected chi connectivity index (χ2v) is 6.79. The average Bonchev–Trinajstić information content (AvgIpc) is 3.20. The molecule has 3 aromatic rings. The van der Waals surface area contributed by atoms with Crippen LogP contribution < -0.4 is 11.0 Å². The lowest BCUT2D eigenvalue weighted by atomic mass is 10.0. The highest BCUT2D eigenvalue weighted by atomic mass is 16.2. The zero-order valence-corrected chi connectivity index (χ0v) is 15.5. The summed E-state index contributed by atoms with van der Waals surface area (Å²) >= 11 is 0. The molecule has 142 valence electrons. The normalized spacial score (nSPS) is 15.4. The summed E-state index contributed by atoms with van der Waals surface area (Å²) in [6.45, 7) is 3.15. The number of hydrogen-bond acceptors (Lipinski definition) is 4. The first-order chi connectivity index (χ1) is 13.1. The number of urea groups is 1. The highest BCUT2D eigenvalue weighted by Gasteiger charge is 2.26. The van der Waals surface area contributed by atoms with Crippen LogP contribution in [0.5, 0.6) is 0 Å². The Balaban J connectivity index is 1.43. The molecule has 9 nitrogen and oxygen atoms in total. The molecule has 1 aliphatic heterocycles. The van der Waals surface area contributed by atoms with Gasteiger partial charge in [0, 0.05) is 32.6 Å². The lowest BCUT2D eigenvalue weighted by molar-refractivity contribution is 0.184. The van der Waals surface area contributed by atoms with Gasteiger partial charge in [-0.2, -0.15) is 4.98 Å². The molecular formula is C18H23N7O2. The molecular weight excluding hydrogens is 346 g/mol. The largest absolute Gasteiger partial charge is 0.326 e. The van der Waals surface area contributed by atoms with Crippen molar-refractivity contribution in [2.24, 2.45) is 7.05 Å². The number of amides is 2. The maximum Gasteiger partial charge on any atom is 0.326 e. The highest BCUT2D eigenvalue weighted by Crippen LogP contribution is 2.25. The fourth-order valence-corrected chi connectivity index (χ4v) is 3.72. The summed E-state index contributed by atoms with van der Waals surface area (Å²) in [5.74, 6) is 1.15. The number of H-pyrrole nitrogens is 1. The van der Waals surface area contributed by atoms with Crippen LogP contribution in [0.4, 0.5) is 10.7 Å². The molecule has 0 aliphatic carbocycles. The molecule has 1 aromatic carbocycles. The van der Waals surface area contributed by atoms with Crippen LogP contribution in [-0.4, -0.2) is 48.3 Å². The number of nitrogens with one attached hydrogen (secondary N) is 2. The van der Waals surface area contributed by atoms with Gasteiger partial charge < -0.3 is 9.88 Å². The van der Waals surface area contributed by atoms with E-state index in [1.54, 1.807) is 9.58 Å². The minimum atomic E-state index is -0.201. The number of para-hydroxylation sites is 2. The van der Waals surface area contributed by atoms with E-state index in [0.29, 0.717) is 19.0 Å². The summed E-state index contributed by atoms with van der Waals surface area (Å²) in [6, 6.07) is 7.57. The van der Waals surface area contributed by atoms with Gasteiger partial charge in [-0.1, -0.05) is 19.1 Å². The van der Waals surface area contributed by atoms with E-state index >= 15 is 0 Å². The van der Waals surface area contributed by atoms with Crippen molar-refractivity contribution in [1.82, 2.24) is 29.2 Å². The first-order valence-corrected chi connectivity index (χ1v) is 9.22. The number of imidazole rings is 1. The van der Waals surface area contributed by atoms with Gasteiger partial charge >= 0.3 is 11.7 Å². The fraction of sp³-hybridized carbons (Fsp3) is 0.444. The number of hydrogen-bond donors (Lipinski definition) is 2. The molecule has 4 rings (SSSR count). The minimum absolute atomic E-state index is 0.0809. The summed E-state index contributed by atoms with van der Waals surface area (Å²) < 4.78 is 3.49. The summed E-state index contributed by atoms with van der Waals surface area (Å²) in [5.41, 5.74) is 1.66. The Kier molecular flexibility index (Phi) is 4.43. The molecule has 0 saturated carbocycles. The van der Waals surface area contributed by atoms with Crippen LogP contribution in [0, 0.1) is 0 Å². The molecule has 0 atom stereocenters. The van der Waals surface area contributed by atoms with Gasteiger partial charge in [-0.15, -0.1) is 5.10 Å². The SMILES string of the molecule is CCc1nc(NC(=O)N2CCC(n3c(=O)[nH]c4ccccc43)CC2)nn1C. The predicted octanol–water partition coefficient (Wildman–Crippen LogP) is 1.89. The van der Waals surface area contributed by atoms with Gasteiger partial charge in [0.2, 0.25) is 5.95 Å². The van der Waals surface area contributed by atoms with Gasteiger partial charge in [0.05, 0.1) is 11.0 Å². The highest BCUT2D eigenvalue weighted by molar-refractivity contribution is 5.87. The van der Waals surface area contributed by atoms with E-state index in [0.717, 1.165) is 36.1 Å². The van der Waals surface area contributed by atoms with Gasteiger partial charge in [0.25, 0.3) is 0 Å². The van der Waals surface area contributed by atoms with Crippen LogP contribution in [0.1, 0.15) is 31.6 Å². The second kappa shape index (κ2) is 6.90. The maximum atomic E-state index is 12.5. The van der Waals surface area contributed by atoms with E-state index in [4.69, 9.17) is 0 Å². The van der Waals surface area contributed by atoms with E-state index in [1.807, 2.05) is 42.8 Å². The van der Waals surface area contributed by atoms with Crippen LogP contribution in [0.15, 0.2) is 29.1 Å². The van der Waals surface area contributed by atoms with E-state index in [1.165, 1.54) is 0 Å². The Morgan fingerprint density at radius 2 is 2.04 bits per heavy atom. The molecule has 0 spiro atoms. The minimum Gasteiger partial charge on any atom is -0.324 e. The van der Waals surface area contributed by atoms with Crippen molar-refractivity contribution in [3.05, 3.63) is 40.6 Å². The quantitative estimate of drug-likeness (QED) is 0.736. The third-order valence-electron chi connectivity index (χ3n) is 5.13. The molecule has 2 amide bonds. The van der Waals surface area contributed by atoms with Crippen LogP contribution in [-0.2, 0) is 13.5 Å². The first-order valence-electron chi connectivity index (χ1n) is 9.22. The van der Waals surface area contributed by atoms with E-state index in [2.05, 4.69) is 20.4 Å². The third kappa shape index (κ3) is 3.20. The van der Waals surface area contributed by atoms with E-state index in [-0.39, 0.29) is 17.8 Å². The summed E-state index contributed by atoms with van der Waals surface area (Å²) in [7, 11) is 1.81. The molecule has 1 saturated heterocycles. The number of anilines is 1. The summed E-state index contributed by atoms with van der Waals surface area (Å²) in [4.78, 5) is 33.8. The van der Waals surface area contributed by atoms with E-state index in [9.17, 15) is 9.59 Å². The second-order valence-electron chi connectivity index (χ2n) is 6.79. The predicted molar refractivity (Wildman–Crippen MR) is 102 cm³/mol. The van der Waals surface area contributed by atoms with Gasteiger partial charge in [-0.3, -0.25) is 14.6 Å². The summed E-state index contributed by atoms with van der Waals surface area (Å²) in [5, 5.41) is 6.98. The van der Waals surface area contributed by atoms with Crippen LogP contribution >= 0.6 is 0 Å². The van der Waals surface area contributed by atoms with Gasteiger partial charge in [0.1, 0.15) is 5.82 Å². The molecule has 2 aromatic heterocycles. The number of carbonyl (C=O) groups excluding carboxylic acids is 1. The first kappa shape index (κ1) is 17.3. The number of fused-ring (bicyclic) bond motifs is 1. The number of nitrogens with zero attached hydrogens (tertiary/aromatic N) is 5. The van der Waals surface area contributed by atoms with Crippen molar-refractivity contribution >= 4 is 23.0 Å². The van der Waals surface area contributed by atoms with Gasteiger partial charge in [-0.05, 0) is 25.0 Å². The molecule has 0 unspecified atom stereocenters. The van der Waals surface area contributed by atoms with Crippen molar-refractivity contribution in [1.29, 1.82) is 0 Å². The molecule has 1 aliphatic rings. The molecule has 0 radical (unpaired) electrons. The Morgan fingerprint density at radius 1 is 1.30 bits per heavy atom. The standard InChI is InChI=1S/C18H23N7O2/c1-3-15-20-16(22-23(15)2)21-17(26)24-10-8-12(9-11-24)25-14-7-5-4-6-13(14)19-18(25)27/h4-7,12H,3,8-11H2,1-2H3,(H,19,27)(H,21,22,26). The number of rotatable bonds is 3. The Morgan fingerprint density at radius 3 is 2.74 bits per heavy atom. The smallest absolute Gasteiger partial charge is 0.324 e. The summed E-state index contributed by atoms with van der Waals surface area (Å²) in [6.07, 6.45) is 2.21. The number of aromatic nitrogens is 5. The number of piperidine rings is 1. The van der Waals surface area contributed by atoms with Crippen LogP contribution in [0.3, 0.4) is 0 Å². The molecule has 9 heteroatoms. The zero-order chi connectivity index (χ0) is 19.0. The zero-order valence-electron chi connectivity index (χ0n) is 15.5. The number of carbonyl (C=O) groups is 1. The molecule has 27 heavy (non-hydrogen) atoms. The van der Waals surface area contributed by atoms with Crippen LogP contribution in [0.2, 0.25) is 0 Å². The number of aryl methyl sites for hydroxylation is 2. The van der Waals surface area contributed by atoms with Crippen molar-refractivity contribution in [3.63, 3.8) is 0 Å². The van der Waals surface area contributed by atoms with Crippen molar-refractivity contribution in [2.75, 3.05) is 18.4 Å². The Bertz CT molecular complexity index is 1020. The van der Waals surface area contributed by atoms with Crippen molar-refractivity contribution < 1.29 is 4.79 Å². The fourth-order valence-electron chi connectivity index (χ4n) is 3.72. The molecule has 2 N–H and O–H groups in total. The maximum absolute atomic E-state index is 12.5. The van der Waals surface area contributed by atoms with Gasteiger partial charge in [0.15, 0.2) is 0 Å². The monoisotopic (exact) mass is 369 g/mol. The van der Waals surface area contributed by atoms with Crippen molar-refractivity contribution in [3.8, 4) is 0 Å². The number of likely N-dealkylation sites (tertiary alicyclic amines) is 1. The van der Waals surface area contributed by atoms with Crippen LogP contribution in [0.25, 0.3) is 11.0 Å². The molecule has 1 fully saturated rings.